The number of carbonyl (C=O) groups excluding carboxylic acids is 1. The quantitative estimate of drug-likeness (QED) is 0.672. The smallest absolute Gasteiger partial charge is 0.335 e. The first kappa shape index (κ1) is 19.7. The van der Waals surface area contributed by atoms with Crippen LogP contribution in [0.25, 0.3) is 0 Å². The Morgan fingerprint density at radius 1 is 1.03 bits per heavy atom. The predicted octanol–water partition coefficient (Wildman–Crippen LogP) is 2.44. The molecule has 1 heterocycles. The molecule has 0 radical (unpaired) electrons. The summed E-state index contributed by atoms with van der Waals surface area (Å²) in [5.74, 6) is 2.32. The minimum Gasteiger partial charge on any atom is -0.478 e. The van der Waals surface area contributed by atoms with Crippen LogP contribution >= 0.6 is 0 Å². The number of hydrogen-bond acceptors (Lipinski definition) is 4. The van der Waals surface area contributed by atoms with Gasteiger partial charge in [0.05, 0.1) is 5.56 Å². The highest BCUT2D eigenvalue weighted by atomic mass is 16.4. The van der Waals surface area contributed by atoms with Crippen molar-refractivity contribution in [1.82, 2.24) is 15.1 Å². The summed E-state index contributed by atoms with van der Waals surface area (Å²) >= 11 is 0. The van der Waals surface area contributed by atoms with Gasteiger partial charge in [0, 0.05) is 52.2 Å². The van der Waals surface area contributed by atoms with Crippen LogP contribution in [0.4, 0.5) is 0 Å². The van der Waals surface area contributed by atoms with Gasteiger partial charge in [-0.25, -0.2) is 4.79 Å². The molecule has 2 atom stereocenters. The van der Waals surface area contributed by atoms with E-state index in [2.05, 4.69) is 15.1 Å². The van der Waals surface area contributed by atoms with E-state index in [0.29, 0.717) is 16.4 Å². The number of nitrogens with one attached hydrogen (secondary N) is 1. The van der Waals surface area contributed by atoms with Gasteiger partial charge in [0.1, 0.15) is 0 Å². The number of nitrogens with zero attached hydrogens (tertiary/aromatic N) is 2. The molecule has 5 aliphatic rings. The van der Waals surface area contributed by atoms with Crippen LogP contribution in [-0.4, -0.2) is 66.1 Å². The van der Waals surface area contributed by atoms with Gasteiger partial charge in [-0.3, -0.25) is 14.6 Å². The molecule has 5 fully saturated rings. The molecule has 6 rings (SSSR count). The highest BCUT2D eigenvalue weighted by Gasteiger charge is 2.87. The molecule has 4 aliphatic carbocycles. The molecular formula is C25H33N3O3. The molecule has 6 heteroatoms. The molecule has 1 aromatic carbocycles. The molecule has 31 heavy (non-hydrogen) atoms. The fraction of sp³-hybridized carbons (Fsp3) is 0.680. The summed E-state index contributed by atoms with van der Waals surface area (Å²) in [5, 5.41) is 12.4. The molecule has 1 aliphatic heterocycles. The SMILES string of the molecule is O=C(CC12CC3CC4CC(C1)C432)NCCN1CCN(Cc2cccc(C(=O)O)c2)CC1. The van der Waals surface area contributed by atoms with E-state index in [0.717, 1.165) is 75.6 Å². The van der Waals surface area contributed by atoms with Crippen LogP contribution in [0.3, 0.4) is 0 Å². The average Bonchev–Trinajstić information content (AvgIpc) is 2.70. The van der Waals surface area contributed by atoms with E-state index in [-0.39, 0.29) is 5.91 Å². The standard InChI is InChI=1S/C25H33N3O3/c29-22(15-24-13-20-11-19-12-21(14-24)25(19,20)24)26-4-5-27-6-8-28(9-7-27)16-17-2-1-3-18(10-17)23(30)31/h1-3,10,19-21H,4-9,11-16H2,(H,26,29)(H,30,31). The summed E-state index contributed by atoms with van der Waals surface area (Å²) in [5.41, 5.74) is 2.45. The lowest BCUT2D eigenvalue weighted by molar-refractivity contribution is -0.430. The van der Waals surface area contributed by atoms with Crippen molar-refractivity contribution in [3.05, 3.63) is 35.4 Å². The average molecular weight is 424 g/mol. The maximum Gasteiger partial charge on any atom is 0.335 e. The minimum absolute atomic E-state index is 0.278. The molecule has 6 nitrogen and oxygen atoms in total. The lowest BCUT2D eigenvalue weighted by Gasteiger charge is -2.91. The maximum atomic E-state index is 12.6. The van der Waals surface area contributed by atoms with E-state index in [1.807, 2.05) is 12.1 Å². The number of piperazine rings is 1. The Morgan fingerprint density at radius 2 is 1.74 bits per heavy atom. The first-order valence-electron chi connectivity index (χ1n) is 12.0. The van der Waals surface area contributed by atoms with Crippen LogP contribution in [0.1, 0.15) is 48.0 Å². The Hall–Kier alpha value is -1.92. The number of benzene rings is 1. The lowest BCUT2D eigenvalue weighted by Crippen LogP contribution is -2.85. The first-order valence-corrected chi connectivity index (χ1v) is 12.0. The van der Waals surface area contributed by atoms with E-state index in [4.69, 9.17) is 5.11 Å². The first-order chi connectivity index (χ1) is 15.0. The Labute approximate surface area is 184 Å². The van der Waals surface area contributed by atoms with E-state index in [9.17, 15) is 9.59 Å². The topological polar surface area (TPSA) is 72.9 Å². The van der Waals surface area contributed by atoms with Crippen molar-refractivity contribution in [2.75, 3.05) is 39.3 Å². The largest absolute Gasteiger partial charge is 0.478 e. The fourth-order valence-electron chi connectivity index (χ4n) is 8.42. The summed E-state index contributed by atoms with van der Waals surface area (Å²) in [6.45, 7) is 6.39. The number of carbonyl (C=O) groups is 2. The second-order valence-corrected chi connectivity index (χ2v) is 10.8. The van der Waals surface area contributed by atoms with Gasteiger partial charge in [-0.05, 0) is 72.0 Å². The van der Waals surface area contributed by atoms with Crippen LogP contribution in [0.2, 0.25) is 0 Å². The third-order valence-corrected chi connectivity index (χ3v) is 9.65. The molecule has 1 amide bonds. The zero-order chi connectivity index (χ0) is 21.2. The normalized spacial score (nSPS) is 37.9. The number of carboxylic acid groups (broad SMARTS) is 1. The highest BCUT2D eigenvalue weighted by Crippen LogP contribution is 2.93. The van der Waals surface area contributed by atoms with Gasteiger partial charge in [-0.1, -0.05) is 12.1 Å². The molecule has 1 saturated heterocycles. The van der Waals surface area contributed by atoms with Crippen molar-refractivity contribution in [3.8, 4) is 0 Å². The van der Waals surface area contributed by atoms with Gasteiger partial charge >= 0.3 is 5.97 Å². The molecule has 1 spiro atoms. The molecule has 4 saturated carbocycles. The van der Waals surface area contributed by atoms with Crippen LogP contribution < -0.4 is 5.32 Å². The van der Waals surface area contributed by atoms with E-state index in [1.54, 1.807) is 12.1 Å². The Balaban J connectivity index is 0.908. The second-order valence-electron chi connectivity index (χ2n) is 10.8. The van der Waals surface area contributed by atoms with Crippen LogP contribution in [-0.2, 0) is 11.3 Å². The third-order valence-electron chi connectivity index (χ3n) is 9.65. The second kappa shape index (κ2) is 7.04. The highest BCUT2D eigenvalue weighted by molar-refractivity contribution is 5.87. The van der Waals surface area contributed by atoms with E-state index in [1.165, 1.54) is 25.7 Å². The van der Waals surface area contributed by atoms with Crippen LogP contribution in [0.5, 0.6) is 0 Å². The summed E-state index contributed by atoms with van der Waals surface area (Å²) in [7, 11) is 0. The monoisotopic (exact) mass is 423 g/mol. The van der Waals surface area contributed by atoms with Crippen molar-refractivity contribution in [2.45, 2.75) is 38.6 Å². The molecule has 0 bridgehead atoms. The van der Waals surface area contributed by atoms with Crippen molar-refractivity contribution in [1.29, 1.82) is 0 Å². The number of carboxylic acids is 1. The lowest BCUT2D eigenvalue weighted by atomic mass is 9.13. The number of amides is 1. The van der Waals surface area contributed by atoms with Crippen molar-refractivity contribution >= 4 is 11.9 Å². The fourth-order valence-corrected chi connectivity index (χ4v) is 8.42. The molecular weight excluding hydrogens is 390 g/mol. The summed E-state index contributed by atoms with van der Waals surface area (Å²) < 4.78 is 0. The Morgan fingerprint density at radius 3 is 2.39 bits per heavy atom. The number of rotatable bonds is 8. The van der Waals surface area contributed by atoms with E-state index >= 15 is 0 Å². The molecule has 2 N–H and O–H groups in total. The number of aromatic carboxylic acids is 1. The van der Waals surface area contributed by atoms with Gasteiger partial charge in [-0.2, -0.15) is 0 Å². The van der Waals surface area contributed by atoms with Crippen molar-refractivity contribution in [2.24, 2.45) is 28.6 Å². The Bertz CT molecular complexity index is 882. The van der Waals surface area contributed by atoms with Gasteiger partial charge < -0.3 is 10.4 Å². The van der Waals surface area contributed by atoms with Gasteiger partial charge in [-0.15, -0.1) is 0 Å². The molecule has 0 aromatic heterocycles. The minimum atomic E-state index is -0.873. The van der Waals surface area contributed by atoms with Crippen LogP contribution in [0, 0.1) is 28.6 Å². The zero-order valence-corrected chi connectivity index (χ0v) is 18.2. The summed E-state index contributed by atoms with van der Waals surface area (Å²) in [4.78, 5) is 28.6. The zero-order valence-electron chi connectivity index (χ0n) is 18.2. The predicted molar refractivity (Wildman–Crippen MR) is 117 cm³/mol. The van der Waals surface area contributed by atoms with Gasteiger partial charge in [0.2, 0.25) is 5.91 Å². The van der Waals surface area contributed by atoms with E-state index < -0.39 is 5.97 Å². The maximum absolute atomic E-state index is 12.6. The van der Waals surface area contributed by atoms with Gasteiger partial charge in [0.15, 0.2) is 0 Å². The molecule has 1 aromatic rings. The van der Waals surface area contributed by atoms with Gasteiger partial charge in [0.25, 0.3) is 0 Å². The number of hydrogen-bond donors (Lipinski definition) is 2. The summed E-state index contributed by atoms with van der Waals surface area (Å²) in [6.07, 6.45) is 6.34. The molecule has 2 unspecified atom stereocenters. The van der Waals surface area contributed by atoms with Crippen LogP contribution in [0.15, 0.2) is 24.3 Å². The molecule has 166 valence electrons. The summed E-state index contributed by atoms with van der Waals surface area (Å²) in [6, 6.07) is 7.23. The van der Waals surface area contributed by atoms with Crippen molar-refractivity contribution < 1.29 is 14.7 Å². The Kier molecular flexibility index (Phi) is 4.48. The van der Waals surface area contributed by atoms with Crippen molar-refractivity contribution in [3.63, 3.8) is 0 Å². The third kappa shape index (κ3) is 2.83.